The zero-order valence-corrected chi connectivity index (χ0v) is 20.0. The molecule has 2 aliphatic rings. The number of piperazine rings is 1. The number of fused-ring (bicyclic) bond motifs is 1. The van der Waals surface area contributed by atoms with Gasteiger partial charge in [-0.05, 0) is 48.6 Å². The molecule has 8 heteroatoms. The number of pyridine rings is 1. The van der Waals surface area contributed by atoms with Gasteiger partial charge in [0.05, 0.1) is 10.4 Å². The number of carbonyl (C=O) groups excluding carboxylic acids is 1. The third-order valence-electron chi connectivity index (χ3n) is 6.60. The van der Waals surface area contributed by atoms with Gasteiger partial charge in [0.1, 0.15) is 0 Å². The van der Waals surface area contributed by atoms with Crippen LogP contribution in [0.25, 0.3) is 10.9 Å². The predicted molar refractivity (Wildman–Crippen MR) is 132 cm³/mol. The van der Waals surface area contributed by atoms with Crippen LogP contribution in [0.2, 0.25) is 0 Å². The van der Waals surface area contributed by atoms with Crippen molar-refractivity contribution in [3.05, 3.63) is 71.9 Å². The van der Waals surface area contributed by atoms with Gasteiger partial charge in [-0.25, -0.2) is 13.1 Å². The van der Waals surface area contributed by atoms with E-state index in [1.807, 2.05) is 29.3 Å². The number of hydrogen-bond donors (Lipinski definition) is 1. The van der Waals surface area contributed by atoms with Crippen molar-refractivity contribution in [3.63, 3.8) is 0 Å². The number of aromatic nitrogens is 1. The van der Waals surface area contributed by atoms with E-state index in [2.05, 4.69) is 38.9 Å². The molecular formula is C26H30N4O3S. The van der Waals surface area contributed by atoms with Crippen LogP contribution >= 0.6 is 0 Å². The average molecular weight is 479 g/mol. The lowest BCUT2D eigenvalue weighted by molar-refractivity contribution is -0.133. The summed E-state index contributed by atoms with van der Waals surface area (Å²) in [7, 11) is -3.44. The van der Waals surface area contributed by atoms with Crippen LogP contribution in [0, 0.1) is 0 Å². The van der Waals surface area contributed by atoms with Crippen LogP contribution in [-0.4, -0.2) is 61.3 Å². The number of hydrogen-bond acceptors (Lipinski definition) is 5. The minimum atomic E-state index is -3.44. The van der Waals surface area contributed by atoms with Gasteiger partial charge in [-0.3, -0.25) is 14.7 Å². The van der Waals surface area contributed by atoms with Crippen molar-refractivity contribution in [3.8, 4) is 0 Å². The van der Waals surface area contributed by atoms with E-state index in [0.717, 1.165) is 62.0 Å². The van der Waals surface area contributed by atoms with Crippen molar-refractivity contribution < 1.29 is 13.2 Å². The molecule has 1 aliphatic carbocycles. The molecule has 5 rings (SSSR count). The van der Waals surface area contributed by atoms with Crippen LogP contribution in [0.3, 0.4) is 0 Å². The van der Waals surface area contributed by atoms with Gasteiger partial charge >= 0.3 is 0 Å². The van der Waals surface area contributed by atoms with E-state index >= 15 is 0 Å². The average Bonchev–Trinajstić information content (AvgIpc) is 3.67. The van der Waals surface area contributed by atoms with Crippen LogP contribution in [0.4, 0.5) is 0 Å². The SMILES string of the molecule is O=C(CCc1ccc(S(=O)(=O)NC2CC2)cc1)N1CCN(Cc2cccc3cccnc23)CC1. The smallest absolute Gasteiger partial charge is 0.240 e. The molecule has 1 aromatic heterocycles. The van der Waals surface area contributed by atoms with E-state index in [1.54, 1.807) is 12.1 Å². The maximum atomic E-state index is 12.8. The van der Waals surface area contributed by atoms with Gasteiger partial charge in [-0.1, -0.05) is 36.4 Å². The highest BCUT2D eigenvalue weighted by Gasteiger charge is 2.28. The maximum Gasteiger partial charge on any atom is 0.240 e. The Kier molecular flexibility index (Phi) is 6.63. The molecular weight excluding hydrogens is 448 g/mol. The zero-order chi connectivity index (χ0) is 23.5. The summed E-state index contributed by atoms with van der Waals surface area (Å²) in [5.41, 5.74) is 3.24. The molecule has 1 aliphatic heterocycles. The number of benzene rings is 2. The van der Waals surface area contributed by atoms with Gasteiger partial charge in [0.25, 0.3) is 0 Å². The number of nitrogens with one attached hydrogen (secondary N) is 1. The fourth-order valence-corrected chi connectivity index (χ4v) is 5.73. The van der Waals surface area contributed by atoms with E-state index in [0.29, 0.717) is 12.8 Å². The van der Waals surface area contributed by atoms with Crippen LogP contribution in [0.15, 0.2) is 65.7 Å². The highest BCUT2D eigenvalue weighted by Crippen LogP contribution is 2.23. The molecule has 0 bridgehead atoms. The minimum Gasteiger partial charge on any atom is -0.340 e. The summed E-state index contributed by atoms with van der Waals surface area (Å²) >= 11 is 0. The standard InChI is InChI=1S/C26H30N4O3S/c31-25(13-8-20-6-11-24(12-7-20)34(32,33)28-23-9-10-23)30-17-15-29(16-18-30)19-22-4-1-3-21-5-2-14-27-26(21)22/h1-7,11-12,14,23,28H,8-10,13,15-19H2. The Morgan fingerprint density at radius 3 is 2.44 bits per heavy atom. The largest absolute Gasteiger partial charge is 0.340 e. The molecule has 2 fully saturated rings. The molecule has 3 aromatic rings. The molecule has 7 nitrogen and oxygen atoms in total. The summed E-state index contributed by atoms with van der Waals surface area (Å²) in [5, 5.41) is 1.15. The molecule has 0 atom stereocenters. The monoisotopic (exact) mass is 478 g/mol. The zero-order valence-electron chi connectivity index (χ0n) is 19.2. The molecule has 1 N–H and O–H groups in total. The summed E-state index contributed by atoms with van der Waals surface area (Å²) in [6.45, 7) is 3.97. The summed E-state index contributed by atoms with van der Waals surface area (Å²) in [5.74, 6) is 0.151. The first-order valence-corrected chi connectivity index (χ1v) is 13.4. The Morgan fingerprint density at radius 2 is 1.71 bits per heavy atom. The van der Waals surface area contributed by atoms with Crippen molar-refractivity contribution in [1.82, 2.24) is 19.5 Å². The second-order valence-electron chi connectivity index (χ2n) is 9.19. The Balaban J connectivity index is 1.10. The molecule has 178 valence electrons. The first kappa shape index (κ1) is 23.0. The Labute approximate surface area is 200 Å². The van der Waals surface area contributed by atoms with Gasteiger partial charge in [0.2, 0.25) is 15.9 Å². The van der Waals surface area contributed by atoms with Crippen molar-refractivity contribution >= 4 is 26.8 Å². The second-order valence-corrected chi connectivity index (χ2v) is 10.9. The minimum absolute atomic E-state index is 0.0893. The van der Waals surface area contributed by atoms with Crippen molar-refractivity contribution in [2.24, 2.45) is 0 Å². The van der Waals surface area contributed by atoms with E-state index in [-0.39, 0.29) is 16.8 Å². The summed E-state index contributed by atoms with van der Waals surface area (Å²) in [6.07, 6.45) is 4.69. The molecule has 0 radical (unpaired) electrons. The van der Waals surface area contributed by atoms with Crippen LogP contribution in [0.5, 0.6) is 0 Å². The topological polar surface area (TPSA) is 82.6 Å². The van der Waals surface area contributed by atoms with Crippen LogP contribution < -0.4 is 4.72 Å². The van der Waals surface area contributed by atoms with Gasteiger partial charge in [-0.2, -0.15) is 0 Å². The summed E-state index contributed by atoms with van der Waals surface area (Å²) < 4.78 is 27.3. The number of rotatable bonds is 8. The highest BCUT2D eigenvalue weighted by molar-refractivity contribution is 7.89. The molecule has 1 saturated carbocycles. The normalized spacial score (nSPS) is 17.2. The fraction of sp³-hybridized carbons (Fsp3) is 0.385. The number of amides is 1. The Hall–Kier alpha value is -2.81. The number of para-hydroxylation sites is 1. The lowest BCUT2D eigenvalue weighted by atomic mass is 10.1. The third kappa shape index (κ3) is 5.46. The Bertz CT molecular complexity index is 1260. The molecule has 2 aromatic carbocycles. The Morgan fingerprint density at radius 1 is 0.971 bits per heavy atom. The molecule has 0 spiro atoms. The van der Waals surface area contributed by atoms with Gasteiger partial charge in [-0.15, -0.1) is 0 Å². The van der Waals surface area contributed by atoms with Crippen molar-refractivity contribution in [2.45, 2.75) is 43.2 Å². The number of nitrogens with zero attached hydrogens (tertiary/aromatic N) is 3. The summed E-state index contributed by atoms with van der Waals surface area (Å²) in [4.78, 5) is 21.9. The van der Waals surface area contributed by atoms with Gasteiger partial charge in [0, 0.05) is 56.8 Å². The lowest BCUT2D eigenvalue weighted by Crippen LogP contribution is -2.48. The molecule has 2 heterocycles. The quantitative estimate of drug-likeness (QED) is 0.538. The third-order valence-corrected chi connectivity index (χ3v) is 8.13. The lowest BCUT2D eigenvalue weighted by Gasteiger charge is -2.35. The maximum absolute atomic E-state index is 12.8. The number of sulfonamides is 1. The van der Waals surface area contributed by atoms with Gasteiger partial charge in [0.15, 0.2) is 0 Å². The molecule has 0 unspecified atom stereocenters. The predicted octanol–water partition coefficient (Wildman–Crippen LogP) is 2.95. The first-order chi connectivity index (χ1) is 16.5. The van der Waals surface area contributed by atoms with E-state index in [9.17, 15) is 13.2 Å². The van der Waals surface area contributed by atoms with Crippen LogP contribution in [0.1, 0.15) is 30.4 Å². The number of carbonyl (C=O) groups is 1. The van der Waals surface area contributed by atoms with Crippen molar-refractivity contribution in [1.29, 1.82) is 0 Å². The highest BCUT2D eigenvalue weighted by atomic mass is 32.2. The molecule has 1 saturated heterocycles. The molecule has 34 heavy (non-hydrogen) atoms. The van der Waals surface area contributed by atoms with E-state index < -0.39 is 10.0 Å². The van der Waals surface area contributed by atoms with E-state index in [4.69, 9.17) is 0 Å². The van der Waals surface area contributed by atoms with Crippen LogP contribution in [-0.2, 0) is 27.8 Å². The molecule has 1 amide bonds. The number of aryl methyl sites for hydroxylation is 1. The van der Waals surface area contributed by atoms with E-state index in [1.165, 1.54) is 5.56 Å². The fourth-order valence-electron chi connectivity index (χ4n) is 4.42. The first-order valence-electron chi connectivity index (χ1n) is 11.9. The second kappa shape index (κ2) is 9.82. The summed E-state index contributed by atoms with van der Waals surface area (Å²) in [6, 6.07) is 17.3. The van der Waals surface area contributed by atoms with Crippen molar-refractivity contribution in [2.75, 3.05) is 26.2 Å². The van der Waals surface area contributed by atoms with Gasteiger partial charge < -0.3 is 4.90 Å².